The Morgan fingerprint density at radius 3 is 2.75 bits per heavy atom. The summed E-state index contributed by atoms with van der Waals surface area (Å²) in [5, 5.41) is 4.13. The molecule has 110 valence electrons. The molecule has 0 aliphatic heterocycles. The fraction of sp³-hybridized carbons (Fsp3) is 0.733. The van der Waals surface area contributed by atoms with E-state index in [-0.39, 0.29) is 11.8 Å². The van der Waals surface area contributed by atoms with Crippen LogP contribution in [0.25, 0.3) is 0 Å². The second kappa shape index (κ2) is 5.82. The predicted molar refractivity (Wildman–Crippen MR) is 80.2 cm³/mol. The lowest BCUT2D eigenvalue weighted by atomic mass is 9.65. The van der Waals surface area contributed by atoms with Crippen molar-refractivity contribution in [2.24, 2.45) is 23.5 Å². The molecule has 1 amide bonds. The molecule has 1 aromatic heterocycles. The number of carbonyl (C=O) groups excluding carboxylic acids is 1. The van der Waals surface area contributed by atoms with Crippen LogP contribution in [0.5, 0.6) is 0 Å². The molecule has 2 bridgehead atoms. The Kier molecular flexibility index (Phi) is 4.08. The molecule has 2 saturated carbocycles. The molecule has 20 heavy (non-hydrogen) atoms. The largest absolute Gasteiger partial charge is 0.351 e. The van der Waals surface area contributed by atoms with Crippen LogP contribution < -0.4 is 11.1 Å². The summed E-state index contributed by atoms with van der Waals surface area (Å²) in [6, 6.07) is 0.331. The highest BCUT2D eigenvalue weighted by Crippen LogP contribution is 2.41. The molecule has 2 unspecified atom stereocenters. The topological polar surface area (TPSA) is 68.0 Å². The zero-order valence-electron chi connectivity index (χ0n) is 12.0. The molecule has 2 aliphatic carbocycles. The SMILES string of the molecule is Cc1ncc(CNC(=O)C2CC3CCCC(C2)C3N)s1. The van der Waals surface area contributed by atoms with Gasteiger partial charge >= 0.3 is 0 Å². The van der Waals surface area contributed by atoms with Crippen LogP contribution in [0.2, 0.25) is 0 Å². The minimum absolute atomic E-state index is 0.166. The second-order valence-electron chi connectivity index (χ2n) is 6.26. The maximum absolute atomic E-state index is 12.3. The molecular weight excluding hydrogens is 270 g/mol. The molecule has 0 spiro atoms. The van der Waals surface area contributed by atoms with Crippen molar-refractivity contribution in [1.29, 1.82) is 0 Å². The van der Waals surface area contributed by atoms with Gasteiger partial charge in [0, 0.05) is 23.0 Å². The van der Waals surface area contributed by atoms with Gasteiger partial charge < -0.3 is 11.1 Å². The highest BCUT2D eigenvalue weighted by molar-refractivity contribution is 7.11. The number of nitrogens with zero attached hydrogens (tertiary/aromatic N) is 1. The highest BCUT2D eigenvalue weighted by Gasteiger charge is 2.40. The van der Waals surface area contributed by atoms with Gasteiger partial charge in [0.25, 0.3) is 0 Å². The van der Waals surface area contributed by atoms with Gasteiger partial charge in [0.2, 0.25) is 5.91 Å². The van der Waals surface area contributed by atoms with Crippen molar-refractivity contribution < 1.29 is 4.79 Å². The molecule has 3 N–H and O–H groups in total. The predicted octanol–water partition coefficient (Wildman–Crippen LogP) is 2.22. The Morgan fingerprint density at radius 2 is 2.15 bits per heavy atom. The molecule has 4 nitrogen and oxygen atoms in total. The molecule has 0 radical (unpaired) electrons. The number of amides is 1. The standard InChI is InChI=1S/C15H23N3OS/c1-9-17-7-13(20-9)8-18-15(19)12-5-10-3-2-4-11(6-12)14(10)16/h7,10-12,14H,2-6,8,16H2,1H3,(H,18,19). The van der Waals surface area contributed by atoms with Gasteiger partial charge in [0.1, 0.15) is 0 Å². The minimum atomic E-state index is 0.166. The molecule has 5 heteroatoms. The normalized spacial score (nSPS) is 32.9. The summed E-state index contributed by atoms with van der Waals surface area (Å²) >= 11 is 1.65. The lowest BCUT2D eigenvalue weighted by Gasteiger charge is -2.43. The Morgan fingerprint density at radius 1 is 1.45 bits per heavy atom. The van der Waals surface area contributed by atoms with Gasteiger partial charge in [-0.1, -0.05) is 6.42 Å². The summed E-state index contributed by atoms with van der Waals surface area (Å²) in [5.41, 5.74) is 6.28. The van der Waals surface area contributed by atoms with E-state index in [4.69, 9.17) is 5.73 Å². The average molecular weight is 293 g/mol. The highest BCUT2D eigenvalue weighted by atomic mass is 32.1. The maximum Gasteiger partial charge on any atom is 0.223 e. The van der Waals surface area contributed by atoms with Gasteiger partial charge in [-0.3, -0.25) is 4.79 Å². The van der Waals surface area contributed by atoms with Crippen LogP contribution in [0.3, 0.4) is 0 Å². The molecule has 0 aromatic carbocycles. The molecular formula is C15H23N3OS. The first-order valence-electron chi connectivity index (χ1n) is 7.58. The van der Waals surface area contributed by atoms with E-state index >= 15 is 0 Å². The molecule has 2 atom stereocenters. The van der Waals surface area contributed by atoms with E-state index in [0.717, 1.165) is 22.7 Å². The Balaban J connectivity index is 1.55. The van der Waals surface area contributed by atoms with E-state index in [2.05, 4.69) is 10.3 Å². The first kappa shape index (κ1) is 14.0. The van der Waals surface area contributed by atoms with Crippen LogP contribution in [0.1, 0.15) is 42.0 Å². The molecule has 2 fully saturated rings. The van der Waals surface area contributed by atoms with Crippen LogP contribution in [-0.2, 0) is 11.3 Å². The second-order valence-corrected chi connectivity index (χ2v) is 7.58. The van der Waals surface area contributed by atoms with Gasteiger partial charge in [-0.15, -0.1) is 11.3 Å². The molecule has 0 saturated heterocycles. The number of nitrogens with two attached hydrogens (primary N) is 1. The Bertz CT molecular complexity index is 473. The third-order valence-corrected chi connectivity index (χ3v) is 5.80. The fourth-order valence-corrected chi connectivity index (χ4v) is 4.54. The molecule has 2 aliphatic rings. The quantitative estimate of drug-likeness (QED) is 0.898. The first-order valence-corrected chi connectivity index (χ1v) is 8.39. The van der Waals surface area contributed by atoms with Crippen LogP contribution in [0.15, 0.2) is 6.20 Å². The lowest BCUT2D eigenvalue weighted by molar-refractivity contribution is -0.128. The number of fused-ring (bicyclic) bond motifs is 2. The number of thiazole rings is 1. The van der Waals surface area contributed by atoms with Crippen molar-refractivity contribution in [3.8, 4) is 0 Å². The number of nitrogens with one attached hydrogen (secondary N) is 1. The van der Waals surface area contributed by atoms with Gasteiger partial charge in [-0.25, -0.2) is 4.98 Å². The van der Waals surface area contributed by atoms with E-state index in [1.165, 1.54) is 19.3 Å². The molecule has 1 heterocycles. The summed E-state index contributed by atoms with van der Waals surface area (Å²) in [5.74, 6) is 1.49. The first-order chi connectivity index (χ1) is 9.63. The van der Waals surface area contributed by atoms with Crippen LogP contribution in [-0.4, -0.2) is 16.9 Å². The summed E-state index contributed by atoms with van der Waals surface area (Å²) in [7, 11) is 0. The van der Waals surface area contributed by atoms with Crippen LogP contribution >= 0.6 is 11.3 Å². The van der Waals surface area contributed by atoms with E-state index in [0.29, 0.717) is 24.4 Å². The van der Waals surface area contributed by atoms with Crippen molar-refractivity contribution in [1.82, 2.24) is 10.3 Å². The molecule has 3 rings (SSSR count). The van der Waals surface area contributed by atoms with Crippen LogP contribution in [0.4, 0.5) is 0 Å². The van der Waals surface area contributed by atoms with E-state index < -0.39 is 0 Å². The number of aromatic nitrogens is 1. The van der Waals surface area contributed by atoms with E-state index in [1.807, 2.05) is 13.1 Å². The van der Waals surface area contributed by atoms with Crippen molar-refractivity contribution in [3.63, 3.8) is 0 Å². The summed E-state index contributed by atoms with van der Waals surface area (Å²) < 4.78 is 0. The number of hydrogen-bond donors (Lipinski definition) is 2. The number of carbonyl (C=O) groups is 1. The number of rotatable bonds is 3. The minimum Gasteiger partial charge on any atom is -0.351 e. The third kappa shape index (κ3) is 2.88. The molecule has 1 aromatic rings. The van der Waals surface area contributed by atoms with Gasteiger partial charge in [0.15, 0.2) is 0 Å². The van der Waals surface area contributed by atoms with Crippen molar-refractivity contribution in [2.45, 2.75) is 51.6 Å². The van der Waals surface area contributed by atoms with Crippen LogP contribution in [0, 0.1) is 24.7 Å². The van der Waals surface area contributed by atoms with Crippen molar-refractivity contribution in [3.05, 3.63) is 16.1 Å². The zero-order valence-corrected chi connectivity index (χ0v) is 12.8. The lowest BCUT2D eigenvalue weighted by Crippen LogP contribution is -2.49. The fourth-order valence-electron chi connectivity index (χ4n) is 3.81. The number of aryl methyl sites for hydroxylation is 1. The van der Waals surface area contributed by atoms with Crippen molar-refractivity contribution in [2.75, 3.05) is 0 Å². The average Bonchev–Trinajstić information content (AvgIpc) is 2.81. The van der Waals surface area contributed by atoms with Crippen molar-refractivity contribution >= 4 is 17.2 Å². The summed E-state index contributed by atoms with van der Waals surface area (Å²) in [4.78, 5) is 17.7. The van der Waals surface area contributed by atoms with E-state index in [9.17, 15) is 4.79 Å². The number of hydrogen-bond acceptors (Lipinski definition) is 4. The monoisotopic (exact) mass is 293 g/mol. The smallest absolute Gasteiger partial charge is 0.223 e. The maximum atomic E-state index is 12.3. The van der Waals surface area contributed by atoms with Gasteiger partial charge in [-0.2, -0.15) is 0 Å². The summed E-state index contributed by atoms with van der Waals surface area (Å²) in [6.07, 6.45) is 7.50. The van der Waals surface area contributed by atoms with Gasteiger partial charge in [-0.05, 0) is 44.4 Å². The van der Waals surface area contributed by atoms with E-state index in [1.54, 1.807) is 11.3 Å². The zero-order chi connectivity index (χ0) is 14.1. The van der Waals surface area contributed by atoms with Gasteiger partial charge in [0.05, 0.1) is 11.6 Å². The Labute approximate surface area is 124 Å². The Hall–Kier alpha value is -0.940. The summed E-state index contributed by atoms with van der Waals surface area (Å²) in [6.45, 7) is 2.60. The third-order valence-electron chi connectivity index (χ3n) is 4.89.